The fourth-order valence-corrected chi connectivity index (χ4v) is 5.08. The molecule has 21 heavy (non-hydrogen) atoms. The van der Waals surface area contributed by atoms with Gasteiger partial charge in [0.1, 0.15) is 0 Å². The minimum absolute atomic E-state index is 0. The van der Waals surface area contributed by atoms with Crippen molar-refractivity contribution >= 4 is 28.2 Å². The zero-order valence-corrected chi connectivity index (χ0v) is 14.7. The van der Waals surface area contributed by atoms with Gasteiger partial charge in [-0.2, -0.15) is 0 Å². The average molecular weight is 339 g/mol. The molecule has 2 heterocycles. The Morgan fingerprint density at radius 1 is 1.14 bits per heavy atom. The Morgan fingerprint density at radius 3 is 2.05 bits per heavy atom. The van der Waals surface area contributed by atoms with Crippen LogP contribution in [-0.2, 0) is 14.6 Å². The molecule has 2 aliphatic heterocycles. The van der Waals surface area contributed by atoms with E-state index in [1.165, 1.54) is 6.26 Å². The number of nitrogens with zero attached hydrogens (tertiary/aromatic N) is 1. The van der Waals surface area contributed by atoms with Crippen LogP contribution in [-0.4, -0.2) is 56.4 Å². The molecule has 1 amide bonds. The van der Waals surface area contributed by atoms with Crippen LogP contribution >= 0.6 is 12.4 Å². The standard InChI is InChI=1S/C14H26N2O3S.ClH/c1-11-8-12(2)10-16(9-11)13(17)14(20(3,18)19)4-6-15-7-5-14;/h11-12,15H,4-10H2,1-3H3;1H. The molecule has 0 radical (unpaired) electrons. The lowest BCUT2D eigenvalue weighted by atomic mass is 9.89. The van der Waals surface area contributed by atoms with E-state index in [4.69, 9.17) is 0 Å². The van der Waals surface area contributed by atoms with Crippen molar-refractivity contribution in [3.63, 3.8) is 0 Å². The lowest BCUT2D eigenvalue weighted by Crippen LogP contribution is -2.60. The number of rotatable bonds is 2. The molecule has 0 aromatic carbocycles. The van der Waals surface area contributed by atoms with E-state index in [1.807, 2.05) is 0 Å². The second kappa shape index (κ2) is 6.84. The smallest absolute Gasteiger partial charge is 0.244 e. The molecule has 7 heteroatoms. The monoisotopic (exact) mass is 338 g/mol. The first-order valence-electron chi connectivity index (χ1n) is 7.46. The minimum Gasteiger partial charge on any atom is -0.341 e. The zero-order valence-electron chi connectivity index (χ0n) is 13.1. The topological polar surface area (TPSA) is 66.5 Å². The SMILES string of the molecule is CC1CC(C)CN(C(=O)C2(S(C)(=O)=O)CCNCC2)C1.Cl. The van der Waals surface area contributed by atoms with Crippen molar-refractivity contribution in [2.45, 2.75) is 37.9 Å². The molecule has 0 bridgehead atoms. The molecule has 124 valence electrons. The van der Waals surface area contributed by atoms with Gasteiger partial charge in [-0.1, -0.05) is 13.8 Å². The highest BCUT2D eigenvalue weighted by Crippen LogP contribution is 2.32. The summed E-state index contributed by atoms with van der Waals surface area (Å²) in [5.41, 5.74) is 0. The van der Waals surface area contributed by atoms with Crippen molar-refractivity contribution in [2.75, 3.05) is 32.4 Å². The van der Waals surface area contributed by atoms with Crippen molar-refractivity contribution in [3.05, 3.63) is 0 Å². The van der Waals surface area contributed by atoms with Crippen LogP contribution in [0.25, 0.3) is 0 Å². The second-order valence-corrected chi connectivity index (χ2v) is 9.00. The number of carbonyl (C=O) groups excluding carboxylic acids is 1. The third kappa shape index (κ3) is 3.71. The summed E-state index contributed by atoms with van der Waals surface area (Å²) in [5, 5.41) is 3.15. The van der Waals surface area contributed by atoms with Gasteiger partial charge in [0.2, 0.25) is 5.91 Å². The van der Waals surface area contributed by atoms with Crippen LogP contribution in [0.15, 0.2) is 0 Å². The van der Waals surface area contributed by atoms with Crippen molar-refractivity contribution in [1.82, 2.24) is 10.2 Å². The molecule has 2 saturated heterocycles. The van der Waals surface area contributed by atoms with Gasteiger partial charge in [0, 0.05) is 19.3 Å². The van der Waals surface area contributed by atoms with Gasteiger partial charge < -0.3 is 10.2 Å². The summed E-state index contributed by atoms with van der Waals surface area (Å²) in [6, 6.07) is 0. The third-order valence-electron chi connectivity index (χ3n) is 4.67. The summed E-state index contributed by atoms with van der Waals surface area (Å²) in [6.45, 7) is 6.83. The molecule has 0 spiro atoms. The molecule has 1 N–H and O–H groups in total. The lowest BCUT2D eigenvalue weighted by molar-refractivity contribution is -0.137. The van der Waals surface area contributed by atoms with E-state index in [0.29, 0.717) is 50.9 Å². The van der Waals surface area contributed by atoms with E-state index in [0.717, 1.165) is 6.42 Å². The Balaban J connectivity index is 0.00000220. The maximum absolute atomic E-state index is 12.9. The van der Waals surface area contributed by atoms with Crippen LogP contribution in [0.2, 0.25) is 0 Å². The molecule has 2 rings (SSSR count). The second-order valence-electron chi connectivity index (χ2n) is 6.67. The first-order valence-corrected chi connectivity index (χ1v) is 9.35. The zero-order chi connectivity index (χ0) is 15.0. The van der Waals surface area contributed by atoms with Crippen LogP contribution in [0, 0.1) is 11.8 Å². The van der Waals surface area contributed by atoms with Crippen LogP contribution in [0.4, 0.5) is 0 Å². The number of halogens is 1. The number of amides is 1. The first-order chi connectivity index (χ1) is 9.26. The number of sulfone groups is 1. The molecule has 0 aromatic heterocycles. The lowest BCUT2D eigenvalue weighted by Gasteiger charge is -2.42. The minimum atomic E-state index is -3.40. The van der Waals surface area contributed by atoms with E-state index in [-0.39, 0.29) is 18.3 Å². The summed E-state index contributed by atoms with van der Waals surface area (Å²) >= 11 is 0. The van der Waals surface area contributed by atoms with E-state index >= 15 is 0 Å². The number of hydrogen-bond acceptors (Lipinski definition) is 4. The fraction of sp³-hybridized carbons (Fsp3) is 0.929. The highest BCUT2D eigenvalue weighted by Gasteiger charge is 2.51. The predicted molar refractivity (Wildman–Crippen MR) is 86.5 cm³/mol. The summed E-state index contributed by atoms with van der Waals surface area (Å²) in [4.78, 5) is 14.7. The molecule has 0 aromatic rings. The highest BCUT2D eigenvalue weighted by molar-refractivity contribution is 7.92. The normalized spacial score (nSPS) is 29.6. The molecule has 5 nitrogen and oxygen atoms in total. The van der Waals surface area contributed by atoms with Crippen LogP contribution in [0.3, 0.4) is 0 Å². The molecule has 2 unspecified atom stereocenters. The Labute approximate surface area is 134 Å². The Morgan fingerprint density at radius 2 is 1.62 bits per heavy atom. The molecular formula is C14H27ClN2O3S. The summed E-state index contributed by atoms with van der Waals surface area (Å²) in [7, 11) is -3.40. The van der Waals surface area contributed by atoms with Crippen molar-refractivity contribution < 1.29 is 13.2 Å². The van der Waals surface area contributed by atoms with Gasteiger partial charge in [-0.15, -0.1) is 12.4 Å². The fourth-order valence-electron chi connectivity index (χ4n) is 3.69. The van der Waals surface area contributed by atoms with Crippen LogP contribution < -0.4 is 5.32 Å². The van der Waals surface area contributed by atoms with Gasteiger partial charge in [0.05, 0.1) is 0 Å². The Bertz CT molecular complexity index is 465. The van der Waals surface area contributed by atoms with E-state index in [1.54, 1.807) is 4.90 Å². The Hall–Kier alpha value is -0.330. The highest BCUT2D eigenvalue weighted by atomic mass is 35.5. The first kappa shape index (κ1) is 18.7. The van der Waals surface area contributed by atoms with Gasteiger partial charge in [0.25, 0.3) is 0 Å². The van der Waals surface area contributed by atoms with Gasteiger partial charge in [-0.25, -0.2) is 8.42 Å². The van der Waals surface area contributed by atoms with Crippen LogP contribution in [0.1, 0.15) is 33.1 Å². The number of likely N-dealkylation sites (tertiary alicyclic amines) is 1. The summed E-state index contributed by atoms with van der Waals surface area (Å²) in [6.07, 6.45) is 3.11. The van der Waals surface area contributed by atoms with Crippen molar-refractivity contribution in [2.24, 2.45) is 11.8 Å². The van der Waals surface area contributed by atoms with Gasteiger partial charge in [-0.3, -0.25) is 4.79 Å². The molecule has 0 aliphatic carbocycles. The maximum Gasteiger partial charge on any atom is 0.244 e. The van der Waals surface area contributed by atoms with Gasteiger partial charge in [-0.05, 0) is 44.2 Å². The molecule has 2 aliphatic rings. The maximum atomic E-state index is 12.9. The average Bonchev–Trinajstić information content (AvgIpc) is 2.36. The molecule has 2 atom stereocenters. The van der Waals surface area contributed by atoms with Crippen LogP contribution in [0.5, 0.6) is 0 Å². The molecular weight excluding hydrogens is 312 g/mol. The molecule has 2 fully saturated rings. The Kier molecular flexibility index (Phi) is 6.09. The van der Waals surface area contributed by atoms with Gasteiger partial charge >= 0.3 is 0 Å². The van der Waals surface area contributed by atoms with Crippen molar-refractivity contribution in [1.29, 1.82) is 0 Å². The number of carbonyl (C=O) groups is 1. The number of piperidine rings is 2. The predicted octanol–water partition coefficient (Wildman–Crippen LogP) is 1.08. The summed E-state index contributed by atoms with van der Waals surface area (Å²) < 4.78 is 23.4. The van der Waals surface area contributed by atoms with E-state index in [9.17, 15) is 13.2 Å². The summed E-state index contributed by atoms with van der Waals surface area (Å²) in [5.74, 6) is 0.724. The quantitative estimate of drug-likeness (QED) is 0.818. The number of hydrogen-bond donors (Lipinski definition) is 1. The molecule has 0 saturated carbocycles. The van der Waals surface area contributed by atoms with E-state index in [2.05, 4.69) is 19.2 Å². The number of nitrogens with one attached hydrogen (secondary N) is 1. The van der Waals surface area contributed by atoms with E-state index < -0.39 is 14.6 Å². The third-order valence-corrected chi connectivity index (χ3v) is 6.67. The van der Waals surface area contributed by atoms with Crippen molar-refractivity contribution in [3.8, 4) is 0 Å². The largest absolute Gasteiger partial charge is 0.341 e. The van der Waals surface area contributed by atoms with Gasteiger partial charge in [0.15, 0.2) is 14.6 Å².